The number of piperazine rings is 1. The van der Waals surface area contributed by atoms with E-state index in [0.29, 0.717) is 17.4 Å². The summed E-state index contributed by atoms with van der Waals surface area (Å²) in [7, 11) is 1.62. The lowest BCUT2D eigenvalue weighted by atomic mass is 10.2. The minimum atomic E-state index is -2.60. The second-order valence-corrected chi connectivity index (χ2v) is 7.38. The Labute approximate surface area is 171 Å². The normalized spacial score (nSPS) is 15.3. The summed E-state index contributed by atoms with van der Waals surface area (Å²) in [5.41, 5.74) is 1.75. The van der Waals surface area contributed by atoms with Crippen LogP contribution in [0.15, 0.2) is 46.4 Å². The summed E-state index contributed by atoms with van der Waals surface area (Å²) in [6.45, 7) is 3.21. The molecule has 0 amide bonds. The molecule has 8 nitrogen and oxygen atoms in total. The smallest absolute Gasteiger partial charge is 0.266 e. The van der Waals surface area contributed by atoms with Crippen molar-refractivity contribution in [3.05, 3.63) is 63.1 Å². The zero-order valence-electron chi connectivity index (χ0n) is 16.5. The number of aromatic nitrogens is 4. The fourth-order valence-corrected chi connectivity index (χ4v) is 3.64. The molecule has 3 aromatic rings. The largest absolute Gasteiger partial charge is 0.369 e. The highest BCUT2D eigenvalue weighted by Crippen LogP contribution is 2.21. The molecule has 158 valence electrons. The van der Waals surface area contributed by atoms with Gasteiger partial charge in [-0.05, 0) is 23.8 Å². The lowest BCUT2D eigenvalue weighted by Gasteiger charge is -2.36. The Morgan fingerprint density at radius 1 is 1.10 bits per heavy atom. The first-order chi connectivity index (χ1) is 14.4. The van der Waals surface area contributed by atoms with E-state index in [4.69, 9.17) is 0 Å². The molecule has 0 saturated carbocycles. The third-order valence-electron chi connectivity index (χ3n) is 5.31. The van der Waals surface area contributed by atoms with Crippen molar-refractivity contribution >= 4 is 16.6 Å². The summed E-state index contributed by atoms with van der Waals surface area (Å²) >= 11 is 0. The van der Waals surface area contributed by atoms with Crippen molar-refractivity contribution < 1.29 is 8.78 Å². The van der Waals surface area contributed by atoms with E-state index in [-0.39, 0.29) is 5.56 Å². The van der Waals surface area contributed by atoms with E-state index in [1.165, 1.54) is 11.0 Å². The molecule has 0 atom stereocenters. The highest BCUT2D eigenvalue weighted by atomic mass is 19.3. The Morgan fingerprint density at radius 2 is 1.87 bits per heavy atom. The van der Waals surface area contributed by atoms with Gasteiger partial charge in [0.25, 0.3) is 17.5 Å². The van der Waals surface area contributed by atoms with Gasteiger partial charge in [0.1, 0.15) is 0 Å². The first-order valence-corrected chi connectivity index (χ1v) is 9.67. The molecule has 4 rings (SSSR count). The van der Waals surface area contributed by atoms with Crippen LogP contribution >= 0.6 is 0 Å². The highest BCUT2D eigenvalue weighted by molar-refractivity contribution is 5.81. The Morgan fingerprint density at radius 3 is 2.57 bits per heavy atom. The molecule has 0 aliphatic carbocycles. The maximum absolute atomic E-state index is 12.6. The number of rotatable bonds is 5. The summed E-state index contributed by atoms with van der Waals surface area (Å²) in [5.74, 6) is 0. The highest BCUT2D eigenvalue weighted by Gasteiger charge is 2.19. The molecular weight excluding hydrogens is 394 g/mol. The molecule has 10 heteroatoms. The monoisotopic (exact) mass is 416 g/mol. The molecule has 1 aromatic carbocycles. The average Bonchev–Trinajstić information content (AvgIpc) is 2.73. The van der Waals surface area contributed by atoms with Crippen molar-refractivity contribution in [1.29, 1.82) is 0 Å². The molecule has 3 heterocycles. The van der Waals surface area contributed by atoms with Crippen LogP contribution in [0.1, 0.15) is 5.56 Å². The van der Waals surface area contributed by atoms with E-state index in [1.54, 1.807) is 25.4 Å². The quantitative estimate of drug-likeness (QED) is 0.620. The minimum Gasteiger partial charge on any atom is -0.369 e. The maximum Gasteiger partial charge on any atom is 0.266 e. The topological polar surface area (TPSA) is 76.3 Å². The van der Waals surface area contributed by atoms with E-state index in [9.17, 15) is 18.4 Å². The lowest BCUT2D eigenvalue weighted by Crippen LogP contribution is -2.46. The standard InChI is InChI=1S/C20H22F2N6O2/c1-25-19(29)8-14(10-24-25)11-26-4-6-27(7-5-26)15-2-3-16-17(9-15)23-13-28(20(16)30)12-18(21)22/h2-3,8-10,13,18H,4-7,11-12H2,1H3. The van der Waals surface area contributed by atoms with Gasteiger partial charge in [0, 0.05) is 51.5 Å². The first kappa shape index (κ1) is 20.1. The second kappa shape index (κ2) is 8.31. The van der Waals surface area contributed by atoms with Gasteiger partial charge in [0.2, 0.25) is 0 Å². The number of nitrogens with zero attached hydrogens (tertiary/aromatic N) is 6. The number of alkyl halides is 2. The van der Waals surface area contributed by atoms with Crippen LogP contribution in [0.3, 0.4) is 0 Å². The predicted molar refractivity (Wildman–Crippen MR) is 109 cm³/mol. The summed E-state index contributed by atoms with van der Waals surface area (Å²) in [4.78, 5) is 32.7. The van der Waals surface area contributed by atoms with Crippen LogP contribution < -0.4 is 16.0 Å². The van der Waals surface area contributed by atoms with E-state index < -0.39 is 18.5 Å². The van der Waals surface area contributed by atoms with Crippen LogP contribution in [0.25, 0.3) is 10.9 Å². The number of hydrogen-bond donors (Lipinski definition) is 0. The van der Waals surface area contributed by atoms with Gasteiger partial charge in [0.15, 0.2) is 0 Å². The summed E-state index contributed by atoms with van der Waals surface area (Å²) in [5, 5.41) is 4.39. The number of anilines is 1. The molecule has 0 N–H and O–H groups in total. The second-order valence-electron chi connectivity index (χ2n) is 7.38. The van der Waals surface area contributed by atoms with Crippen molar-refractivity contribution in [1.82, 2.24) is 24.2 Å². The van der Waals surface area contributed by atoms with Crippen LogP contribution in [0, 0.1) is 0 Å². The van der Waals surface area contributed by atoms with Crippen molar-refractivity contribution in [2.24, 2.45) is 7.05 Å². The van der Waals surface area contributed by atoms with Gasteiger partial charge in [-0.15, -0.1) is 0 Å². The van der Waals surface area contributed by atoms with E-state index in [2.05, 4.69) is 19.9 Å². The molecule has 0 bridgehead atoms. The number of fused-ring (bicyclic) bond motifs is 1. The summed E-state index contributed by atoms with van der Waals surface area (Å²) in [6, 6.07) is 6.91. The molecule has 2 aromatic heterocycles. The fraction of sp³-hybridized carbons (Fsp3) is 0.400. The fourth-order valence-electron chi connectivity index (χ4n) is 3.64. The number of aryl methyl sites for hydroxylation is 1. The molecule has 1 aliphatic heterocycles. The molecule has 1 fully saturated rings. The van der Waals surface area contributed by atoms with Crippen molar-refractivity contribution in [2.45, 2.75) is 19.5 Å². The first-order valence-electron chi connectivity index (χ1n) is 9.67. The summed E-state index contributed by atoms with van der Waals surface area (Å²) < 4.78 is 27.4. The van der Waals surface area contributed by atoms with Crippen molar-refractivity contribution in [2.75, 3.05) is 31.1 Å². The van der Waals surface area contributed by atoms with Crippen LogP contribution in [-0.2, 0) is 20.1 Å². The van der Waals surface area contributed by atoms with Gasteiger partial charge in [-0.25, -0.2) is 18.4 Å². The molecule has 0 unspecified atom stereocenters. The molecular formula is C20H22F2N6O2. The number of halogens is 2. The third-order valence-corrected chi connectivity index (χ3v) is 5.31. The molecule has 1 saturated heterocycles. The zero-order valence-corrected chi connectivity index (χ0v) is 16.5. The molecule has 0 spiro atoms. The van der Waals surface area contributed by atoms with Crippen molar-refractivity contribution in [3.8, 4) is 0 Å². The summed E-state index contributed by atoms with van der Waals surface area (Å²) in [6.07, 6.45) is 0.285. The van der Waals surface area contributed by atoms with Crippen molar-refractivity contribution in [3.63, 3.8) is 0 Å². The minimum absolute atomic E-state index is 0.123. The van der Waals surface area contributed by atoms with Gasteiger partial charge in [-0.1, -0.05) is 0 Å². The van der Waals surface area contributed by atoms with Crippen LogP contribution in [0.5, 0.6) is 0 Å². The number of hydrogen-bond acceptors (Lipinski definition) is 6. The SMILES string of the molecule is Cn1ncc(CN2CCN(c3ccc4c(=O)n(CC(F)F)cnc4c3)CC2)cc1=O. The Bertz CT molecular complexity index is 1170. The average molecular weight is 416 g/mol. The maximum atomic E-state index is 12.6. The lowest BCUT2D eigenvalue weighted by molar-refractivity contribution is 0.125. The van der Waals surface area contributed by atoms with Gasteiger partial charge >= 0.3 is 0 Å². The Balaban J connectivity index is 1.44. The third kappa shape index (κ3) is 4.23. The zero-order chi connectivity index (χ0) is 21.3. The van der Waals surface area contributed by atoms with E-state index >= 15 is 0 Å². The van der Waals surface area contributed by atoms with E-state index in [1.807, 2.05) is 12.1 Å². The van der Waals surface area contributed by atoms with Gasteiger partial charge in [-0.2, -0.15) is 5.10 Å². The van der Waals surface area contributed by atoms with Crippen LogP contribution in [-0.4, -0.2) is 56.8 Å². The predicted octanol–water partition coefficient (Wildman–Crippen LogP) is 1.08. The van der Waals surface area contributed by atoms with Gasteiger partial charge < -0.3 is 4.90 Å². The Hall–Kier alpha value is -3.14. The Kier molecular flexibility index (Phi) is 5.58. The van der Waals surface area contributed by atoms with E-state index in [0.717, 1.165) is 42.0 Å². The number of benzene rings is 1. The van der Waals surface area contributed by atoms with Crippen LogP contribution in [0.4, 0.5) is 14.5 Å². The van der Waals surface area contributed by atoms with Gasteiger partial charge in [0.05, 0.1) is 30.0 Å². The molecule has 0 radical (unpaired) electrons. The molecule has 30 heavy (non-hydrogen) atoms. The van der Waals surface area contributed by atoms with Gasteiger partial charge in [-0.3, -0.25) is 19.1 Å². The molecule has 1 aliphatic rings. The van der Waals surface area contributed by atoms with Crippen LogP contribution in [0.2, 0.25) is 0 Å².